The molecule has 0 radical (unpaired) electrons. The summed E-state index contributed by atoms with van der Waals surface area (Å²) in [6.45, 7) is 0.583. The van der Waals surface area contributed by atoms with Crippen molar-refractivity contribution < 1.29 is 9.53 Å². The summed E-state index contributed by atoms with van der Waals surface area (Å²) in [5.74, 6) is 0.125. The third kappa shape index (κ3) is 2.39. The first-order valence-electron chi connectivity index (χ1n) is 7.27. The van der Waals surface area contributed by atoms with Crippen LogP contribution in [-0.4, -0.2) is 38.4 Å². The molecule has 0 spiro atoms. The quantitative estimate of drug-likeness (QED) is 0.786. The predicted molar refractivity (Wildman–Crippen MR) is 85.7 cm³/mol. The number of benzene rings is 2. The summed E-state index contributed by atoms with van der Waals surface area (Å²) >= 11 is 0.0594. The molecule has 2 heterocycles. The Labute approximate surface area is 135 Å². The standard InChI is InChI=1S/C18H15NO2Se/c20-17-16(22-15-9-5-2-6-10-15)11-14-12-21-18(19(14)17)13-7-3-1-4-8-13/h1-11,14,18H,12H2/t14-,18+/m0/s1. The van der Waals surface area contributed by atoms with Gasteiger partial charge in [0.2, 0.25) is 0 Å². The molecule has 4 rings (SSSR count). The van der Waals surface area contributed by atoms with Crippen LogP contribution >= 0.6 is 0 Å². The predicted octanol–water partition coefficient (Wildman–Crippen LogP) is 1.84. The van der Waals surface area contributed by atoms with Crippen molar-refractivity contribution in [2.45, 2.75) is 12.3 Å². The molecule has 0 aromatic heterocycles. The van der Waals surface area contributed by atoms with Gasteiger partial charge in [-0.25, -0.2) is 0 Å². The van der Waals surface area contributed by atoms with Crippen LogP contribution < -0.4 is 4.46 Å². The molecule has 0 N–H and O–H groups in total. The maximum atomic E-state index is 12.8. The Balaban J connectivity index is 1.57. The average molecular weight is 356 g/mol. The molecule has 3 nitrogen and oxygen atoms in total. The number of ether oxygens (including phenoxy) is 1. The first-order chi connectivity index (χ1) is 10.8. The van der Waals surface area contributed by atoms with E-state index in [0.717, 1.165) is 10.0 Å². The average Bonchev–Trinajstić information content (AvgIpc) is 3.11. The van der Waals surface area contributed by atoms with Gasteiger partial charge in [-0.15, -0.1) is 0 Å². The minimum absolute atomic E-state index is 0.0594. The van der Waals surface area contributed by atoms with E-state index in [0.29, 0.717) is 6.61 Å². The molecule has 2 aliphatic rings. The monoisotopic (exact) mass is 357 g/mol. The number of nitrogens with zero attached hydrogens (tertiary/aromatic N) is 1. The summed E-state index contributed by atoms with van der Waals surface area (Å²) in [6, 6.07) is 20.3. The summed E-state index contributed by atoms with van der Waals surface area (Å²) in [4.78, 5) is 14.7. The van der Waals surface area contributed by atoms with Crippen LogP contribution in [0.2, 0.25) is 0 Å². The van der Waals surface area contributed by atoms with Crippen molar-refractivity contribution in [2.75, 3.05) is 6.61 Å². The van der Waals surface area contributed by atoms with Gasteiger partial charge in [-0.1, -0.05) is 0 Å². The zero-order valence-corrected chi connectivity index (χ0v) is 13.6. The normalized spacial score (nSPS) is 23.5. The SMILES string of the molecule is O=C1C([Se]c2ccccc2)=C[C@H]2CO[C@H](c3ccccc3)N12. The van der Waals surface area contributed by atoms with E-state index < -0.39 is 0 Å². The van der Waals surface area contributed by atoms with Crippen LogP contribution in [0.25, 0.3) is 0 Å². The van der Waals surface area contributed by atoms with Crippen LogP contribution in [0, 0.1) is 0 Å². The second-order valence-corrected chi connectivity index (χ2v) is 7.66. The molecule has 2 aromatic rings. The maximum absolute atomic E-state index is 12.8. The molecule has 2 aromatic carbocycles. The zero-order chi connectivity index (χ0) is 14.9. The van der Waals surface area contributed by atoms with Crippen molar-refractivity contribution in [3.8, 4) is 0 Å². The van der Waals surface area contributed by atoms with E-state index in [4.69, 9.17) is 4.74 Å². The van der Waals surface area contributed by atoms with E-state index in [2.05, 4.69) is 18.2 Å². The third-order valence-corrected chi connectivity index (χ3v) is 6.06. The van der Waals surface area contributed by atoms with Gasteiger partial charge >= 0.3 is 135 Å². The minimum atomic E-state index is -0.251. The second kappa shape index (κ2) is 5.73. The van der Waals surface area contributed by atoms with Crippen molar-refractivity contribution in [1.82, 2.24) is 4.90 Å². The van der Waals surface area contributed by atoms with Crippen molar-refractivity contribution in [3.63, 3.8) is 0 Å². The fourth-order valence-electron chi connectivity index (χ4n) is 2.85. The Hall–Kier alpha value is -1.87. The van der Waals surface area contributed by atoms with E-state index in [1.165, 1.54) is 4.46 Å². The Morgan fingerprint density at radius 1 is 1.00 bits per heavy atom. The number of carbonyl (C=O) groups is 1. The number of fused-ring (bicyclic) bond motifs is 1. The Morgan fingerprint density at radius 2 is 1.68 bits per heavy atom. The number of amides is 1. The summed E-state index contributed by atoms with van der Waals surface area (Å²) in [7, 11) is 0. The fourth-order valence-corrected chi connectivity index (χ4v) is 4.88. The van der Waals surface area contributed by atoms with E-state index in [-0.39, 0.29) is 33.1 Å². The molecular formula is C18H15NO2Se. The molecule has 0 unspecified atom stereocenters. The van der Waals surface area contributed by atoms with Gasteiger partial charge in [0.25, 0.3) is 0 Å². The van der Waals surface area contributed by atoms with Crippen LogP contribution in [0.3, 0.4) is 0 Å². The van der Waals surface area contributed by atoms with Gasteiger partial charge in [-0.3, -0.25) is 0 Å². The van der Waals surface area contributed by atoms with E-state index in [1.54, 1.807) is 0 Å². The van der Waals surface area contributed by atoms with Gasteiger partial charge in [0.15, 0.2) is 0 Å². The summed E-state index contributed by atoms with van der Waals surface area (Å²) < 4.78 is 8.01. The number of carbonyl (C=O) groups excluding carboxylic acids is 1. The van der Waals surface area contributed by atoms with Crippen molar-refractivity contribution in [2.24, 2.45) is 0 Å². The van der Waals surface area contributed by atoms with Crippen molar-refractivity contribution in [1.29, 1.82) is 0 Å². The molecule has 22 heavy (non-hydrogen) atoms. The molecule has 110 valence electrons. The first-order valence-corrected chi connectivity index (χ1v) is 8.98. The summed E-state index contributed by atoms with van der Waals surface area (Å²) in [5, 5.41) is 0. The van der Waals surface area contributed by atoms with Crippen LogP contribution in [0.15, 0.2) is 71.2 Å². The molecule has 0 bridgehead atoms. The van der Waals surface area contributed by atoms with Crippen molar-refractivity contribution in [3.05, 3.63) is 76.8 Å². The third-order valence-electron chi connectivity index (χ3n) is 3.88. The number of hydrogen-bond acceptors (Lipinski definition) is 2. The molecule has 1 saturated heterocycles. The van der Waals surface area contributed by atoms with E-state index >= 15 is 0 Å². The van der Waals surface area contributed by atoms with Gasteiger partial charge in [0.05, 0.1) is 0 Å². The fraction of sp³-hybridized carbons (Fsp3) is 0.167. The van der Waals surface area contributed by atoms with Crippen molar-refractivity contribution >= 4 is 25.3 Å². The molecule has 2 atom stereocenters. The Kier molecular flexibility index (Phi) is 3.59. The van der Waals surface area contributed by atoms with Gasteiger partial charge in [0.1, 0.15) is 0 Å². The van der Waals surface area contributed by atoms with E-state index in [1.807, 2.05) is 53.4 Å². The molecule has 1 amide bonds. The molecular weight excluding hydrogens is 341 g/mol. The van der Waals surface area contributed by atoms with Crippen LogP contribution in [-0.2, 0) is 9.53 Å². The molecule has 1 fully saturated rings. The Bertz CT molecular complexity index is 714. The molecule has 0 aliphatic carbocycles. The molecule has 2 aliphatic heterocycles. The van der Waals surface area contributed by atoms with Crippen LogP contribution in [0.5, 0.6) is 0 Å². The van der Waals surface area contributed by atoms with Crippen LogP contribution in [0.1, 0.15) is 11.8 Å². The summed E-state index contributed by atoms with van der Waals surface area (Å²) in [6.07, 6.45) is 1.84. The second-order valence-electron chi connectivity index (χ2n) is 5.32. The van der Waals surface area contributed by atoms with Crippen LogP contribution in [0.4, 0.5) is 0 Å². The Morgan fingerprint density at radius 3 is 2.41 bits per heavy atom. The summed E-state index contributed by atoms with van der Waals surface area (Å²) in [5.41, 5.74) is 1.04. The first kappa shape index (κ1) is 13.8. The number of hydrogen-bond donors (Lipinski definition) is 0. The van der Waals surface area contributed by atoms with E-state index in [9.17, 15) is 4.79 Å². The number of rotatable bonds is 3. The van der Waals surface area contributed by atoms with Gasteiger partial charge in [-0.05, 0) is 0 Å². The van der Waals surface area contributed by atoms with Gasteiger partial charge in [0, 0.05) is 0 Å². The zero-order valence-electron chi connectivity index (χ0n) is 11.9. The molecule has 0 saturated carbocycles. The van der Waals surface area contributed by atoms with Gasteiger partial charge in [-0.2, -0.15) is 0 Å². The van der Waals surface area contributed by atoms with Gasteiger partial charge < -0.3 is 0 Å². The molecule has 4 heteroatoms. The topological polar surface area (TPSA) is 29.5 Å².